The maximum absolute atomic E-state index is 12.0. The van der Waals surface area contributed by atoms with Crippen LogP contribution < -0.4 is 10.1 Å². The lowest BCUT2D eigenvalue weighted by Crippen LogP contribution is -2.46. The van der Waals surface area contributed by atoms with E-state index in [0.29, 0.717) is 110 Å². The average molecular weight is 640 g/mol. The van der Waals surface area contributed by atoms with Crippen LogP contribution in [0.1, 0.15) is 39.4 Å². The van der Waals surface area contributed by atoms with Crippen LogP contribution >= 0.6 is 0 Å². The van der Waals surface area contributed by atoms with Gasteiger partial charge in [0.25, 0.3) is 0 Å². The van der Waals surface area contributed by atoms with E-state index < -0.39 is 8.80 Å². The summed E-state index contributed by atoms with van der Waals surface area (Å²) in [6.07, 6.45) is 1.03. The van der Waals surface area contributed by atoms with Crippen LogP contribution in [0, 0.1) is 6.92 Å². The summed E-state index contributed by atoms with van der Waals surface area (Å²) in [6.45, 7) is 13.6. The van der Waals surface area contributed by atoms with Crippen molar-refractivity contribution in [2.75, 3.05) is 85.8 Å². The molecule has 0 radical (unpaired) electrons. The summed E-state index contributed by atoms with van der Waals surface area (Å²) in [4.78, 5) is 12.0. The van der Waals surface area contributed by atoms with Crippen LogP contribution in [-0.2, 0) is 37.0 Å². The molecule has 0 atom stereocenters. The summed E-state index contributed by atoms with van der Waals surface area (Å²) in [6, 6.07) is 8.07. The van der Waals surface area contributed by atoms with Gasteiger partial charge < -0.3 is 42.3 Å². The highest BCUT2D eigenvalue weighted by Crippen LogP contribution is 2.19. The third-order valence-corrected chi connectivity index (χ3v) is 9.00. The number of hydrogen-bond acceptors (Lipinski definition) is 13. The molecule has 1 amide bonds. The van der Waals surface area contributed by atoms with Crippen molar-refractivity contribution in [3.8, 4) is 17.1 Å². The third-order valence-electron chi connectivity index (χ3n) is 5.85. The zero-order valence-electron chi connectivity index (χ0n) is 26.6. The highest BCUT2D eigenvalue weighted by Gasteiger charge is 2.39. The lowest BCUT2D eigenvalue weighted by atomic mass is 10.2. The molecular weight excluding hydrogens is 590 g/mol. The van der Waals surface area contributed by atoms with Gasteiger partial charge in [-0.05, 0) is 58.4 Å². The molecule has 1 heterocycles. The van der Waals surface area contributed by atoms with E-state index in [9.17, 15) is 4.79 Å². The van der Waals surface area contributed by atoms with Gasteiger partial charge in [-0.3, -0.25) is 4.79 Å². The summed E-state index contributed by atoms with van der Waals surface area (Å²) in [5.74, 6) is 1.67. The number of nitrogens with zero attached hydrogens (tertiary/aromatic N) is 4. The van der Waals surface area contributed by atoms with Crippen molar-refractivity contribution in [2.24, 2.45) is 0 Å². The van der Waals surface area contributed by atoms with Crippen LogP contribution in [0.4, 0.5) is 0 Å². The summed E-state index contributed by atoms with van der Waals surface area (Å²) in [7, 11) is -2.67. The summed E-state index contributed by atoms with van der Waals surface area (Å²) in [5.41, 5.74) is 0.817. The molecule has 248 valence electrons. The van der Waals surface area contributed by atoms with E-state index in [-0.39, 0.29) is 5.91 Å². The van der Waals surface area contributed by atoms with Gasteiger partial charge in [0.1, 0.15) is 12.4 Å². The van der Waals surface area contributed by atoms with E-state index in [1.165, 1.54) is 0 Å². The average Bonchev–Trinajstić information content (AvgIpc) is 3.02. The second kappa shape index (κ2) is 23.7. The predicted octanol–water partition coefficient (Wildman–Crippen LogP) is 2.63. The van der Waals surface area contributed by atoms with Crippen molar-refractivity contribution in [1.82, 2.24) is 25.7 Å². The molecule has 2 rings (SSSR count). The van der Waals surface area contributed by atoms with Crippen molar-refractivity contribution in [3.05, 3.63) is 30.1 Å². The van der Waals surface area contributed by atoms with Crippen molar-refractivity contribution >= 4 is 14.7 Å². The number of hydrogen-bond donors (Lipinski definition) is 1. The zero-order chi connectivity index (χ0) is 31.7. The molecule has 15 heteroatoms. The number of ether oxygens (including phenoxy) is 5. The highest BCUT2D eigenvalue weighted by atomic mass is 28.4. The Kier molecular flexibility index (Phi) is 20.2. The smallest absolute Gasteiger partial charge is 0.491 e. The Balaban J connectivity index is 1.35. The minimum atomic E-state index is -2.67. The number of aromatic nitrogens is 4. The maximum Gasteiger partial charge on any atom is 0.500 e. The number of carbonyl (C=O) groups is 1. The van der Waals surface area contributed by atoms with Crippen LogP contribution in [0.5, 0.6) is 5.75 Å². The third kappa shape index (κ3) is 16.4. The van der Waals surface area contributed by atoms with E-state index >= 15 is 0 Å². The minimum Gasteiger partial charge on any atom is -0.491 e. The second-order valence-electron chi connectivity index (χ2n) is 9.28. The first-order valence-corrected chi connectivity index (χ1v) is 17.2. The number of aryl methyl sites for hydroxylation is 1. The van der Waals surface area contributed by atoms with Crippen LogP contribution in [-0.4, -0.2) is 121 Å². The Bertz CT molecular complexity index is 989. The van der Waals surface area contributed by atoms with Crippen LogP contribution in [0.25, 0.3) is 11.4 Å². The number of rotatable bonds is 27. The largest absolute Gasteiger partial charge is 0.500 e. The number of benzene rings is 1. The highest BCUT2D eigenvalue weighted by molar-refractivity contribution is 6.60. The van der Waals surface area contributed by atoms with Crippen molar-refractivity contribution in [2.45, 2.75) is 46.6 Å². The molecule has 0 unspecified atom stereocenters. The molecule has 1 aromatic heterocycles. The molecule has 0 aliphatic rings. The Hall–Kier alpha value is -2.63. The van der Waals surface area contributed by atoms with Gasteiger partial charge in [-0.1, -0.05) is 0 Å². The molecule has 1 N–H and O–H groups in total. The Morgan fingerprint density at radius 3 is 1.73 bits per heavy atom. The van der Waals surface area contributed by atoms with Crippen LogP contribution in [0.15, 0.2) is 24.3 Å². The fraction of sp³-hybridized carbons (Fsp3) is 0.690. The van der Waals surface area contributed by atoms with Crippen LogP contribution in [0.2, 0.25) is 6.04 Å². The molecule has 1 aromatic carbocycles. The lowest BCUT2D eigenvalue weighted by Gasteiger charge is -2.28. The normalized spacial score (nSPS) is 11.5. The molecule has 0 aliphatic carbocycles. The molecule has 0 aliphatic heterocycles. The second-order valence-corrected chi connectivity index (χ2v) is 12.0. The molecular formula is C29H49N5O9Si. The summed E-state index contributed by atoms with van der Waals surface area (Å²) < 4.78 is 45.2. The van der Waals surface area contributed by atoms with Gasteiger partial charge >= 0.3 is 8.80 Å². The summed E-state index contributed by atoms with van der Waals surface area (Å²) in [5, 5.41) is 18.8. The van der Waals surface area contributed by atoms with Crippen molar-refractivity contribution in [1.29, 1.82) is 0 Å². The van der Waals surface area contributed by atoms with Gasteiger partial charge in [0.15, 0.2) is 5.82 Å². The van der Waals surface area contributed by atoms with Gasteiger partial charge in [-0.2, -0.15) is 0 Å². The van der Waals surface area contributed by atoms with E-state index in [1.54, 1.807) is 6.92 Å². The molecule has 0 saturated heterocycles. The first kappa shape index (κ1) is 37.6. The van der Waals surface area contributed by atoms with Crippen molar-refractivity contribution in [3.63, 3.8) is 0 Å². The Labute approximate surface area is 261 Å². The first-order chi connectivity index (χ1) is 21.5. The fourth-order valence-electron chi connectivity index (χ4n) is 3.86. The zero-order valence-corrected chi connectivity index (χ0v) is 27.6. The van der Waals surface area contributed by atoms with E-state index in [4.69, 9.17) is 37.0 Å². The Morgan fingerprint density at radius 2 is 1.20 bits per heavy atom. The topological polar surface area (TPSA) is 154 Å². The molecule has 0 bridgehead atoms. The standard InChI is InChI=1S/C29H49N5O9Si/c1-5-41-44(42-6-2,43-7-3)24-8-14-30-28(35)13-15-36-16-17-37-18-19-38-20-21-39-22-23-40-27-11-9-26(10-12-27)29-33-31-25(4)32-34-29/h9-12H,5-8,13-24H2,1-4H3,(H,30,35). The fourth-order valence-corrected chi connectivity index (χ4v) is 6.47. The van der Waals surface area contributed by atoms with Crippen LogP contribution in [0.3, 0.4) is 0 Å². The molecule has 2 aromatic rings. The van der Waals surface area contributed by atoms with Crippen molar-refractivity contribution < 1.29 is 41.8 Å². The lowest BCUT2D eigenvalue weighted by molar-refractivity contribution is -0.122. The molecule has 0 saturated carbocycles. The maximum atomic E-state index is 12.0. The molecule has 14 nitrogen and oxygen atoms in total. The summed E-state index contributed by atoms with van der Waals surface area (Å²) >= 11 is 0. The molecule has 44 heavy (non-hydrogen) atoms. The molecule has 0 spiro atoms. The van der Waals surface area contributed by atoms with Gasteiger partial charge in [0.2, 0.25) is 11.7 Å². The first-order valence-electron chi connectivity index (χ1n) is 15.3. The number of amides is 1. The monoisotopic (exact) mass is 639 g/mol. The van der Waals surface area contributed by atoms with E-state index in [0.717, 1.165) is 17.7 Å². The SMILES string of the molecule is CCO[Si](CCCNC(=O)CCOCCOCCOCCOCCOc1ccc(-c2nnc(C)nn2)cc1)(OCC)OCC. The predicted molar refractivity (Wildman–Crippen MR) is 164 cm³/mol. The van der Waals surface area contributed by atoms with Gasteiger partial charge in [0, 0.05) is 44.4 Å². The quantitative estimate of drug-likeness (QED) is 0.113. The number of nitrogens with one attached hydrogen (secondary N) is 1. The van der Waals surface area contributed by atoms with E-state index in [2.05, 4.69) is 25.7 Å². The Morgan fingerprint density at radius 1 is 0.705 bits per heavy atom. The van der Waals surface area contributed by atoms with Gasteiger partial charge in [-0.25, -0.2) is 0 Å². The number of carbonyl (C=O) groups excluding carboxylic acids is 1. The van der Waals surface area contributed by atoms with Gasteiger partial charge in [0.05, 0.1) is 52.9 Å². The molecule has 0 fully saturated rings. The van der Waals surface area contributed by atoms with Gasteiger partial charge in [-0.15, -0.1) is 20.4 Å². The minimum absolute atomic E-state index is 0.0522. The van der Waals surface area contributed by atoms with E-state index in [1.807, 2.05) is 45.0 Å².